The first-order chi connectivity index (χ1) is 19.2. The number of aryl methyl sites for hydroxylation is 1. The molecule has 1 aliphatic heterocycles. The minimum atomic E-state index is -0.768. The third kappa shape index (κ3) is 10.0. The van der Waals surface area contributed by atoms with Gasteiger partial charge in [0.05, 0.1) is 46.1 Å². The van der Waals surface area contributed by atoms with Crippen LogP contribution in [-0.2, 0) is 20.8 Å². The maximum absolute atomic E-state index is 11.1. The van der Waals surface area contributed by atoms with Crippen LogP contribution in [0.25, 0.3) is 22.4 Å². The number of thiazole rings is 1. The number of hydrogen-bond acceptors (Lipinski definition) is 8. The molecule has 7 nitrogen and oxygen atoms in total. The molecule has 0 spiro atoms. The van der Waals surface area contributed by atoms with Crippen molar-refractivity contribution in [2.75, 3.05) is 62.7 Å². The molecule has 0 saturated heterocycles. The lowest BCUT2D eigenvalue weighted by Gasteiger charge is -2.14. The number of thioether (sulfide) groups is 2. The summed E-state index contributed by atoms with van der Waals surface area (Å²) in [6, 6.07) is 14.3. The van der Waals surface area contributed by atoms with E-state index in [4.69, 9.17) is 24.1 Å². The van der Waals surface area contributed by atoms with Crippen LogP contribution in [0.15, 0.2) is 42.5 Å². The van der Waals surface area contributed by atoms with Crippen molar-refractivity contribution >= 4 is 63.2 Å². The van der Waals surface area contributed by atoms with Crippen LogP contribution in [0.3, 0.4) is 0 Å². The Morgan fingerprint density at radius 1 is 0.846 bits per heavy atom. The molecule has 0 amide bonds. The summed E-state index contributed by atoms with van der Waals surface area (Å²) in [5, 5.41) is 10.2. The van der Waals surface area contributed by atoms with Gasteiger partial charge in [0.1, 0.15) is 4.70 Å². The van der Waals surface area contributed by atoms with Gasteiger partial charge in [-0.2, -0.15) is 28.1 Å². The van der Waals surface area contributed by atoms with E-state index in [1.165, 1.54) is 4.70 Å². The highest BCUT2D eigenvalue weighted by molar-refractivity contribution is 7.99. The molecular weight excluding hydrogens is 555 g/mol. The number of para-hydroxylation sites is 1. The summed E-state index contributed by atoms with van der Waals surface area (Å²) >= 11 is 5.32. The fourth-order valence-corrected chi connectivity index (χ4v) is 6.38. The topological polar surface area (TPSA) is 78.1 Å². The number of nitrogens with zero attached hydrogens (tertiary/aromatic N) is 1. The monoisotopic (exact) mass is 590 g/mol. The molecule has 1 aromatic heterocycles. The summed E-state index contributed by atoms with van der Waals surface area (Å²) in [4.78, 5) is 11.1. The molecule has 4 rings (SSSR count). The van der Waals surface area contributed by atoms with Crippen molar-refractivity contribution in [3.63, 3.8) is 0 Å². The van der Waals surface area contributed by atoms with E-state index in [0.29, 0.717) is 46.0 Å². The number of benzene rings is 2. The molecule has 0 bridgehead atoms. The van der Waals surface area contributed by atoms with Crippen LogP contribution in [0.5, 0.6) is 11.5 Å². The second-order valence-corrected chi connectivity index (χ2v) is 12.3. The predicted molar refractivity (Wildman–Crippen MR) is 162 cm³/mol. The number of carboxylic acids is 1. The molecule has 0 unspecified atom stereocenters. The highest BCUT2D eigenvalue weighted by Crippen LogP contribution is 2.30. The maximum Gasteiger partial charge on any atom is 0.303 e. The second-order valence-electron chi connectivity index (χ2n) is 8.74. The number of hydrogen-bond donors (Lipinski definition) is 1. The van der Waals surface area contributed by atoms with Gasteiger partial charge in [-0.15, -0.1) is 0 Å². The molecule has 0 radical (unpaired) electrons. The minimum absolute atomic E-state index is 0.153. The highest BCUT2D eigenvalue weighted by Gasteiger charge is 2.18. The van der Waals surface area contributed by atoms with Gasteiger partial charge < -0.3 is 24.1 Å². The van der Waals surface area contributed by atoms with Crippen molar-refractivity contribution in [1.29, 1.82) is 0 Å². The molecule has 0 atom stereocenters. The molecule has 1 N–H and O–H groups in total. The summed E-state index contributed by atoms with van der Waals surface area (Å²) < 4.78 is 26.9. The lowest BCUT2D eigenvalue weighted by atomic mass is 10.2. The van der Waals surface area contributed by atoms with E-state index in [9.17, 15) is 4.79 Å². The van der Waals surface area contributed by atoms with Gasteiger partial charge in [0.15, 0.2) is 18.0 Å². The normalized spacial score (nSPS) is 16.6. The first-order valence-electron chi connectivity index (χ1n) is 13.2. The van der Waals surface area contributed by atoms with Crippen molar-refractivity contribution in [3.05, 3.63) is 53.0 Å². The zero-order valence-electron chi connectivity index (χ0n) is 22.0. The fraction of sp³-hybridized carbons (Fsp3) is 0.448. The van der Waals surface area contributed by atoms with Crippen molar-refractivity contribution in [2.45, 2.75) is 19.4 Å². The lowest BCUT2D eigenvalue weighted by Crippen LogP contribution is -2.35. The number of carboxylic acid groups (broad SMARTS) is 1. The van der Waals surface area contributed by atoms with Crippen LogP contribution >= 0.6 is 34.9 Å². The summed E-state index contributed by atoms with van der Waals surface area (Å²) in [5.74, 6) is 4.33. The molecule has 2 aromatic carbocycles. The Labute approximate surface area is 242 Å². The van der Waals surface area contributed by atoms with Gasteiger partial charge in [0.2, 0.25) is 5.52 Å². The lowest BCUT2D eigenvalue weighted by molar-refractivity contribution is -0.669. The van der Waals surface area contributed by atoms with E-state index < -0.39 is 5.97 Å². The van der Waals surface area contributed by atoms with Gasteiger partial charge in [0, 0.05) is 41.6 Å². The van der Waals surface area contributed by atoms with Crippen LogP contribution in [0.4, 0.5) is 0 Å². The third-order valence-electron chi connectivity index (χ3n) is 5.88. The summed E-state index contributed by atoms with van der Waals surface area (Å²) in [6.07, 6.45) is 4.92. The molecular formula is C29H36NO6S3+. The van der Waals surface area contributed by atoms with E-state index in [-0.39, 0.29) is 6.42 Å². The Morgan fingerprint density at radius 2 is 1.54 bits per heavy atom. The van der Waals surface area contributed by atoms with E-state index in [1.54, 1.807) is 11.3 Å². The molecule has 0 aliphatic carbocycles. The SMILES string of the molecule is O=C(O)CCC[n+]1c(/C=C/c2ccc3c(c2)OCCSCCOCCOCCSCCO3)sc2ccccc21. The molecule has 39 heavy (non-hydrogen) atoms. The molecule has 1 aliphatic rings. The number of aliphatic carboxylic acids is 1. The van der Waals surface area contributed by atoms with Gasteiger partial charge in [-0.05, 0) is 29.8 Å². The van der Waals surface area contributed by atoms with Crippen molar-refractivity contribution < 1.29 is 33.4 Å². The number of carbonyl (C=O) groups is 1. The average Bonchev–Trinajstić information content (AvgIpc) is 3.29. The van der Waals surface area contributed by atoms with Crippen LogP contribution in [0.2, 0.25) is 0 Å². The second kappa shape index (κ2) is 16.8. The first kappa shape index (κ1) is 29.7. The Bertz CT molecular complexity index is 1210. The van der Waals surface area contributed by atoms with Crippen LogP contribution < -0.4 is 14.0 Å². The number of rotatable bonds is 6. The van der Waals surface area contributed by atoms with Crippen molar-refractivity contribution in [2.24, 2.45) is 0 Å². The van der Waals surface area contributed by atoms with Gasteiger partial charge in [-0.1, -0.05) is 29.5 Å². The molecule has 210 valence electrons. The van der Waals surface area contributed by atoms with Gasteiger partial charge in [-0.3, -0.25) is 4.79 Å². The van der Waals surface area contributed by atoms with E-state index in [2.05, 4.69) is 28.9 Å². The quantitative estimate of drug-likeness (QED) is 0.378. The zero-order valence-corrected chi connectivity index (χ0v) is 24.5. The minimum Gasteiger partial charge on any atom is -0.489 e. The van der Waals surface area contributed by atoms with Crippen LogP contribution in [0, 0.1) is 0 Å². The van der Waals surface area contributed by atoms with Gasteiger partial charge in [-0.25, -0.2) is 0 Å². The number of aromatic nitrogens is 1. The van der Waals surface area contributed by atoms with Gasteiger partial charge in [0.25, 0.3) is 5.01 Å². The molecule has 0 saturated carbocycles. The number of ether oxygens (including phenoxy) is 4. The summed E-state index contributed by atoms with van der Waals surface area (Å²) in [5.41, 5.74) is 2.14. The largest absolute Gasteiger partial charge is 0.489 e. The average molecular weight is 591 g/mol. The Morgan fingerprint density at radius 3 is 2.28 bits per heavy atom. The molecule has 0 fully saturated rings. The van der Waals surface area contributed by atoms with E-state index >= 15 is 0 Å². The first-order valence-corrected chi connectivity index (χ1v) is 16.3. The van der Waals surface area contributed by atoms with Crippen molar-refractivity contribution in [3.8, 4) is 11.5 Å². The summed E-state index contributed by atoms with van der Waals surface area (Å²) in [7, 11) is 0. The van der Waals surface area contributed by atoms with Crippen LogP contribution in [0.1, 0.15) is 23.4 Å². The smallest absolute Gasteiger partial charge is 0.303 e. The molecule has 2 heterocycles. The molecule has 3 aromatic rings. The summed E-state index contributed by atoms with van der Waals surface area (Å²) in [6.45, 7) is 4.56. The standard InChI is InChI=1S/C29H35NO6S3/c31-29(32)6-3-11-30-24-4-1-2-5-27(24)39-28(30)10-8-23-7-9-25-26(22-23)36-17-21-38-19-15-34-13-12-33-14-18-37-20-16-35-25/h1-2,4-5,7-10,22H,3,6,11-21H2/p+1/b10-8+. The van der Waals surface area contributed by atoms with Crippen LogP contribution in [-0.4, -0.2) is 73.7 Å². The Hall–Kier alpha value is -2.24. The number of fused-ring (bicyclic) bond motifs is 2. The zero-order chi connectivity index (χ0) is 27.1. The van der Waals surface area contributed by atoms with Gasteiger partial charge >= 0.3 is 5.97 Å². The Kier molecular flexibility index (Phi) is 12.8. The maximum atomic E-state index is 11.1. The van der Waals surface area contributed by atoms with E-state index in [0.717, 1.165) is 57.2 Å². The molecule has 10 heteroatoms. The fourth-order valence-electron chi connectivity index (χ4n) is 4.01. The Balaban J connectivity index is 1.47. The van der Waals surface area contributed by atoms with E-state index in [1.807, 2.05) is 53.9 Å². The predicted octanol–water partition coefficient (Wildman–Crippen LogP) is 5.49. The van der Waals surface area contributed by atoms with Crippen molar-refractivity contribution in [1.82, 2.24) is 0 Å². The highest BCUT2D eigenvalue weighted by atomic mass is 32.2. The third-order valence-corrected chi connectivity index (χ3v) is 8.83.